The fourth-order valence-corrected chi connectivity index (χ4v) is 0.834. The van der Waals surface area contributed by atoms with E-state index in [0.717, 1.165) is 6.32 Å². The van der Waals surface area contributed by atoms with E-state index in [1.54, 1.807) is 0 Å². The van der Waals surface area contributed by atoms with E-state index in [4.69, 9.17) is 0 Å². The van der Waals surface area contributed by atoms with Crippen LogP contribution in [0.25, 0.3) is 0 Å². The van der Waals surface area contributed by atoms with Gasteiger partial charge in [0.1, 0.15) is 7.28 Å². The van der Waals surface area contributed by atoms with Crippen molar-refractivity contribution < 1.29 is 0 Å². The van der Waals surface area contributed by atoms with Gasteiger partial charge in [-0.1, -0.05) is 42.2 Å². The Hall–Kier alpha value is -0.975. The normalized spacial score (nSPS) is 8.80. The van der Waals surface area contributed by atoms with Crippen molar-refractivity contribution in [3.8, 4) is 0 Å². The third-order valence-corrected chi connectivity index (χ3v) is 1.36. The molecule has 1 aromatic rings. The molecule has 0 spiro atoms. The molecule has 0 amide bonds. The molecule has 10 heavy (non-hydrogen) atoms. The van der Waals surface area contributed by atoms with Gasteiger partial charge in [-0.3, -0.25) is 0 Å². The molecule has 0 aromatic heterocycles. The molecule has 0 atom stereocenters. The van der Waals surface area contributed by atoms with Crippen molar-refractivity contribution >= 4 is 7.28 Å². The van der Waals surface area contributed by atoms with E-state index in [1.165, 1.54) is 5.56 Å². The maximum absolute atomic E-state index is 3.62. The molecule has 1 rings (SSSR count). The first-order valence-corrected chi connectivity index (χ1v) is 3.41. The summed E-state index contributed by atoms with van der Waals surface area (Å²) >= 11 is 0. The van der Waals surface area contributed by atoms with Crippen molar-refractivity contribution in [3.63, 3.8) is 0 Å². The van der Waals surface area contributed by atoms with Crippen molar-refractivity contribution in [2.24, 2.45) is 0 Å². The Morgan fingerprint density at radius 2 is 2.00 bits per heavy atom. The van der Waals surface area contributed by atoms with Crippen molar-refractivity contribution in [2.45, 2.75) is 6.32 Å². The molecule has 1 radical (unpaired) electrons. The monoisotopic (exact) mass is 129 g/mol. The molecule has 0 saturated heterocycles. The van der Waals surface area contributed by atoms with Crippen LogP contribution in [0.3, 0.4) is 0 Å². The Morgan fingerprint density at radius 1 is 1.30 bits per heavy atom. The lowest BCUT2D eigenvalue weighted by atomic mass is 9.72. The maximum atomic E-state index is 3.62. The highest BCUT2D eigenvalue weighted by Crippen LogP contribution is 1.97. The fraction of sp³-hybridized carbons (Fsp3) is 0.111. The summed E-state index contributed by atoms with van der Waals surface area (Å²) in [6.07, 6.45) is 0.990. The third kappa shape index (κ3) is 2.10. The standard InChI is InChI=1S/C9H10B/c1-2-10-8-9-6-4-3-5-7-9/h2-7H,1,8H2. The Balaban J connectivity index is 2.50. The van der Waals surface area contributed by atoms with Crippen LogP contribution in [0, 0.1) is 0 Å². The van der Waals surface area contributed by atoms with E-state index in [-0.39, 0.29) is 0 Å². The van der Waals surface area contributed by atoms with E-state index in [2.05, 4.69) is 26.0 Å². The Labute approximate surface area is 62.8 Å². The topological polar surface area (TPSA) is 0 Å². The van der Waals surface area contributed by atoms with Gasteiger partial charge in [-0.25, -0.2) is 0 Å². The highest BCUT2D eigenvalue weighted by molar-refractivity contribution is 6.41. The van der Waals surface area contributed by atoms with Gasteiger partial charge in [-0.15, -0.1) is 12.6 Å². The van der Waals surface area contributed by atoms with Gasteiger partial charge < -0.3 is 0 Å². The second kappa shape index (κ2) is 3.94. The Bertz CT molecular complexity index is 191. The molecule has 0 unspecified atom stereocenters. The molecular weight excluding hydrogens is 119 g/mol. The molecule has 0 nitrogen and oxygen atoms in total. The van der Waals surface area contributed by atoms with Gasteiger partial charge in [0, 0.05) is 0 Å². The predicted octanol–water partition coefficient (Wildman–Crippen LogP) is 2.03. The average molecular weight is 129 g/mol. The first-order chi connectivity index (χ1) is 4.93. The van der Waals surface area contributed by atoms with Crippen LogP contribution < -0.4 is 0 Å². The van der Waals surface area contributed by atoms with Crippen LogP contribution in [-0.4, -0.2) is 7.28 Å². The van der Waals surface area contributed by atoms with Gasteiger partial charge in [0.25, 0.3) is 0 Å². The van der Waals surface area contributed by atoms with Crippen LogP contribution in [0.1, 0.15) is 5.56 Å². The molecule has 0 bridgehead atoms. The molecule has 49 valence electrons. The summed E-state index contributed by atoms with van der Waals surface area (Å²) < 4.78 is 0. The summed E-state index contributed by atoms with van der Waals surface area (Å²) in [7, 11) is 2.05. The molecule has 0 aliphatic carbocycles. The van der Waals surface area contributed by atoms with Crippen molar-refractivity contribution in [1.82, 2.24) is 0 Å². The summed E-state index contributed by atoms with van der Waals surface area (Å²) in [6, 6.07) is 10.3. The average Bonchev–Trinajstić information content (AvgIpc) is 2.03. The highest BCUT2D eigenvalue weighted by Gasteiger charge is 1.87. The van der Waals surface area contributed by atoms with E-state index in [0.29, 0.717) is 0 Å². The van der Waals surface area contributed by atoms with Crippen LogP contribution in [0.2, 0.25) is 0 Å². The molecular formula is C9H10B. The molecule has 0 aliphatic rings. The Morgan fingerprint density at radius 3 is 2.60 bits per heavy atom. The van der Waals surface area contributed by atoms with Crippen molar-refractivity contribution in [3.05, 3.63) is 48.4 Å². The summed E-state index contributed by atoms with van der Waals surface area (Å²) in [5, 5.41) is 0. The zero-order chi connectivity index (χ0) is 7.23. The molecule has 0 N–H and O–H groups in total. The minimum absolute atomic E-state index is 0.990. The van der Waals surface area contributed by atoms with Crippen LogP contribution in [0.4, 0.5) is 0 Å². The lowest BCUT2D eigenvalue weighted by molar-refractivity contribution is 1.39. The quantitative estimate of drug-likeness (QED) is 0.547. The predicted molar refractivity (Wildman–Crippen MR) is 46.1 cm³/mol. The lowest BCUT2D eigenvalue weighted by Gasteiger charge is -1.93. The van der Waals surface area contributed by atoms with E-state index in [1.807, 2.05) is 24.2 Å². The third-order valence-electron chi connectivity index (χ3n) is 1.36. The minimum atomic E-state index is 0.990. The van der Waals surface area contributed by atoms with Crippen LogP contribution in [0.5, 0.6) is 0 Å². The zero-order valence-electron chi connectivity index (χ0n) is 5.96. The summed E-state index contributed by atoms with van der Waals surface area (Å²) in [5.41, 5.74) is 1.34. The van der Waals surface area contributed by atoms with Crippen molar-refractivity contribution in [2.75, 3.05) is 0 Å². The fourth-order valence-electron chi connectivity index (χ4n) is 0.834. The van der Waals surface area contributed by atoms with Crippen LogP contribution >= 0.6 is 0 Å². The molecule has 1 heteroatoms. The number of hydrogen-bond acceptors (Lipinski definition) is 0. The van der Waals surface area contributed by atoms with E-state index < -0.39 is 0 Å². The highest BCUT2D eigenvalue weighted by atomic mass is 13.8. The summed E-state index contributed by atoms with van der Waals surface area (Å²) in [5.74, 6) is 1.83. The molecule has 0 aliphatic heterocycles. The maximum Gasteiger partial charge on any atom is 0.145 e. The van der Waals surface area contributed by atoms with Crippen molar-refractivity contribution in [1.29, 1.82) is 0 Å². The van der Waals surface area contributed by atoms with Gasteiger partial charge >= 0.3 is 0 Å². The number of benzene rings is 1. The van der Waals surface area contributed by atoms with Gasteiger partial charge in [0.15, 0.2) is 0 Å². The molecule has 1 aromatic carbocycles. The number of rotatable bonds is 3. The number of hydrogen-bond donors (Lipinski definition) is 0. The van der Waals surface area contributed by atoms with Gasteiger partial charge in [-0.05, 0) is 0 Å². The SMILES string of the molecule is C=C[B]Cc1ccccc1. The molecule has 0 saturated carbocycles. The van der Waals surface area contributed by atoms with E-state index in [9.17, 15) is 0 Å². The zero-order valence-corrected chi connectivity index (χ0v) is 5.96. The van der Waals surface area contributed by atoms with Crippen LogP contribution in [-0.2, 0) is 6.32 Å². The van der Waals surface area contributed by atoms with Gasteiger partial charge in [0.2, 0.25) is 0 Å². The summed E-state index contributed by atoms with van der Waals surface area (Å²) in [4.78, 5) is 0. The van der Waals surface area contributed by atoms with Crippen LogP contribution in [0.15, 0.2) is 42.9 Å². The first kappa shape index (κ1) is 7.14. The second-order valence-electron chi connectivity index (χ2n) is 2.16. The second-order valence-corrected chi connectivity index (χ2v) is 2.16. The van der Waals surface area contributed by atoms with Gasteiger partial charge in [0.05, 0.1) is 0 Å². The van der Waals surface area contributed by atoms with Gasteiger partial charge in [-0.2, -0.15) is 0 Å². The minimum Gasteiger partial charge on any atom is -0.129 e. The Kier molecular flexibility index (Phi) is 2.81. The first-order valence-electron chi connectivity index (χ1n) is 3.41. The lowest BCUT2D eigenvalue weighted by Crippen LogP contribution is -1.91. The largest absolute Gasteiger partial charge is 0.145 e. The summed E-state index contributed by atoms with van der Waals surface area (Å²) in [6.45, 7) is 3.62. The smallest absolute Gasteiger partial charge is 0.129 e. The molecule has 0 fully saturated rings. The van der Waals surface area contributed by atoms with E-state index >= 15 is 0 Å². The molecule has 0 heterocycles.